The summed E-state index contributed by atoms with van der Waals surface area (Å²) in [6.07, 6.45) is 7.22. The number of amides is 1. The zero-order chi connectivity index (χ0) is 20.5. The smallest absolute Gasteiger partial charge is 0.263 e. The Balaban J connectivity index is 1.27. The van der Waals surface area contributed by atoms with Crippen molar-refractivity contribution in [3.05, 3.63) is 52.0 Å². The first kappa shape index (κ1) is 19.5. The largest absolute Gasteiger partial charge is 0.351 e. The summed E-state index contributed by atoms with van der Waals surface area (Å²) < 4.78 is 1.86. The maximum Gasteiger partial charge on any atom is 0.263 e. The van der Waals surface area contributed by atoms with Crippen LogP contribution in [0.25, 0.3) is 0 Å². The van der Waals surface area contributed by atoms with Crippen molar-refractivity contribution in [3.63, 3.8) is 0 Å². The molecule has 1 amide bonds. The van der Waals surface area contributed by atoms with E-state index in [0.717, 1.165) is 57.2 Å². The molecule has 2 atom stereocenters. The van der Waals surface area contributed by atoms with Crippen LogP contribution in [-0.4, -0.2) is 69.5 Å². The van der Waals surface area contributed by atoms with Gasteiger partial charge in [0.05, 0.1) is 6.54 Å². The third kappa shape index (κ3) is 3.94. The van der Waals surface area contributed by atoms with Crippen LogP contribution in [0, 0.1) is 5.92 Å². The van der Waals surface area contributed by atoms with E-state index in [0.29, 0.717) is 24.9 Å². The van der Waals surface area contributed by atoms with Gasteiger partial charge < -0.3 is 19.8 Å². The Kier molecular flexibility index (Phi) is 5.43. The first-order valence-electron chi connectivity index (χ1n) is 11.1. The minimum atomic E-state index is -0.246. The van der Waals surface area contributed by atoms with Gasteiger partial charge in [0.15, 0.2) is 0 Å². The van der Waals surface area contributed by atoms with Crippen molar-refractivity contribution in [1.29, 1.82) is 0 Å². The standard InChI is InChI=1S/C22H30N6O2/c29-21(25-7-10-26-8-1-2-9-26)18-3-4-19-17-11-16(13-28(19)22(18)30)12-27(14-17)15-20-23-5-6-24-20/h3-6,16-17H,1-2,7-15H2,(H,23,24)(H,25,29)/t16-,17+/m0/s1. The third-order valence-electron chi connectivity index (χ3n) is 6.77. The number of likely N-dealkylation sites (tertiary alicyclic amines) is 2. The fourth-order valence-corrected chi connectivity index (χ4v) is 5.37. The SMILES string of the molecule is O=C(NCCN1CCCC1)c1ccc2n(c1=O)C[C@H]1C[C@@H]2CN(Cc2ncc[nH]2)C1. The van der Waals surface area contributed by atoms with Crippen LogP contribution in [0.3, 0.4) is 0 Å². The number of carbonyl (C=O) groups excluding carboxylic acids is 1. The molecule has 2 N–H and O–H groups in total. The highest BCUT2D eigenvalue weighted by atomic mass is 16.2. The van der Waals surface area contributed by atoms with Crippen molar-refractivity contribution in [2.75, 3.05) is 39.3 Å². The van der Waals surface area contributed by atoms with Gasteiger partial charge in [-0.15, -0.1) is 0 Å². The van der Waals surface area contributed by atoms with Crippen molar-refractivity contribution >= 4 is 5.91 Å². The number of pyridine rings is 1. The molecule has 2 saturated heterocycles. The van der Waals surface area contributed by atoms with Gasteiger partial charge in [-0.2, -0.15) is 0 Å². The first-order chi connectivity index (χ1) is 14.7. The van der Waals surface area contributed by atoms with Gasteiger partial charge in [-0.25, -0.2) is 4.98 Å². The van der Waals surface area contributed by atoms with Crippen LogP contribution < -0.4 is 10.9 Å². The first-order valence-corrected chi connectivity index (χ1v) is 11.1. The summed E-state index contributed by atoms with van der Waals surface area (Å²) in [4.78, 5) is 38.0. The molecule has 3 aliphatic rings. The number of H-pyrrole nitrogens is 1. The summed E-state index contributed by atoms with van der Waals surface area (Å²) in [7, 11) is 0. The molecule has 30 heavy (non-hydrogen) atoms. The molecule has 8 heteroatoms. The van der Waals surface area contributed by atoms with Crippen LogP contribution in [0.1, 0.15) is 47.1 Å². The van der Waals surface area contributed by atoms with Crippen LogP contribution in [-0.2, 0) is 13.1 Å². The molecule has 2 fully saturated rings. The maximum absolute atomic E-state index is 13.1. The normalized spacial score (nSPS) is 24.0. The number of nitrogens with one attached hydrogen (secondary N) is 2. The monoisotopic (exact) mass is 410 g/mol. The highest BCUT2D eigenvalue weighted by Gasteiger charge is 2.35. The van der Waals surface area contributed by atoms with E-state index in [1.807, 2.05) is 16.8 Å². The summed E-state index contributed by atoms with van der Waals surface area (Å²) in [5.41, 5.74) is 1.20. The molecular weight excluding hydrogens is 380 g/mol. The molecule has 5 heterocycles. The van der Waals surface area contributed by atoms with E-state index in [1.54, 1.807) is 12.3 Å². The molecule has 160 valence electrons. The molecule has 2 bridgehead atoms. The second-order valence-corrected chi connectivity index (χ2v) is 8.92. The molecule has 0 spiro atoms. The Labute approximate surface area is 176 Å². The van der Waals surface area contributed by atoms with Crippen molar-refractivity contribution in [2.24, 2.45) is 5.92 Å². The molecule has 0 aliphatic carbocycles. The Morgan fingerprint density at radius 2 is 2.03 bits per heavy atom. The number of piperidine rings is 1. The number of hydrogen-bond acceptors (Lipinski definition) is 5. The van der Waals surface area contributed by atoms with E-state index >= 15 is 0 Å². The average Bonchev–Trinajstić information content (AvgIpc) is 3.43. The second-order valence-electron chi connectivity index (χ2n) is 8.92. The van der Waals surface area contributed by atoms with E-state index in [9.17, 15) is 9.59 Å². The van der Waals surface area contributed by atoms with E-state index in [2.05, 4.69) is 25.1 Å². The van der Waals surface area contributed by atoms with Gasteiger partial charge in [-0.3, -0.25) is 14.5 Å². The lowest BCUT2D eigenvalue weighted by molar-refractivity contribution is 0.0942. The molecule has 0 aromatic carbocycles. The summed E-state index contributed by atoms with van der Waals surface area (Å²) in [6.45, 7) is 7.03. The highest BCUT2D eigenvalue weighted by molar-refractivity contribution is 5.93. The van der Waals surface area contributed by atoms with Crippen LogP contribution >= 0.6 is 0 Å². The Morgan fingerprint density at radius 3 is 2.83 bits per heavy atom. The number of imidazole rings is 1. The van der Waals surface area contributed by atoms with E-state index in [4.69, 9.17) is 0 Å². The summed E-state index contributed by atoms with van der Waals surface area (Å²) in [5, 5.41) is 2.94. The zero-order valence-electron chi connectivity index (χ0n) is 17.3. The molecule has 2 aromatic rings. The maximum atomic E-state index is 13.1. The van der Waals surface area contributed by atoms with Gasteiger partial charge >= 0.3 is 0 Å². The van der Waals surface area contributed by atoms with Crippen LogP contribution in [0.4, 0.5) is 0 Å². The summed E-state index contributed by atoms with van der Waals surface area (Å²) in [6, 6.07) is 3.72. The summed E-state index contributed by atoms with van der Waals surface area (Å²) in [5.74, 6) is 1.49. The molecule has 0 unspecified atom stereocenters. The molecule has 3 aliphatic heterocycles. The summed E-state index contributed by atoms with van der Waals surface area (Å²) >= 11 is 0. The molecule has 5 rings (SSSR count). The lowest BCUT2D eigenvalue weighted by Crippen LogP contribution is -2.48. The lowest BCUT2D eigenvalue weighted by atomic mass is 9.83. The van der Waals surface area contributed by atoms with Crippen molar-refractivity contribution < 1.29 is 4.79 Å². The minimum Gasteiger partial charge on any atom is -0.351 e. The second kappa shape index (κ2) is 8.35. The number of carbonyl (C=O) groups is 1. The molecule has 0 saturated carbocycles. The fourth-order valence-electron chi connectivity index (χ4n) is 5.37. The lowest BCUT2D eigenvalue weighted by Gasteiger charge is -2.42. The quantitative estimate of drug-likeness (QED) is 0.743. The number of hydrogen-bond donors (Lipinski definition) is 2. The third-order valence-corrected chi connectivity index (χ3v) is 6.77. The van der Waals surface area contributed by atoms with Gasteiger partial charge in [-0.1, -0.05) is 0 Å². The van der Waals surface area contributed by atoms with Crippen molar-refractivity contribution in [1.82, 2.24) is 29.7 Å². The van der Waals surface area contributed by atoms with Crippen molar-refractivity contribution in [3.8, 4) is 0 Å². The molecule has 8 nitrogen and oxygen atoms in total. The molecular formula is C22H30N6O2. The van der Waals surface area contributed by atoms with Gasteiger partial charge in [0.2, 0.25) is 0 Å². The Hall–Kier alpha value is -2.45. The number of fused-ring (bicyclic) bond motifs is 4. The fraction of sp³-hybridized carbons (Fsp3) is 0.591. The van der Waals surface area contributed by atoms with Gasteiger partial charge in [0, 0.05) is 56.7 Å². The Bertz CT molecular complexity index is 947. The molecule has 0 radical (unpaired) electrons. The van der Waals surface area contributed by atoms with E-state index < -0.39 is 0 Å². The Morgan fingerprint density at radius 1 is 1.17 bits per heavy atom. The predicted molar refractivity (Wildman–Crippen MR) is 113 cm³/mol. The average molecular weight is 411 g/mol. The van der Waals surface area contributed by atoms with Gasteiger partial charge in [0.25, 0.3) is 11.5 Å². The number of rotatable bonds is 6. The molecule has 2 aromatic heterocycles. The number of aromatic nitrogens is 3. The van der Waals surface area contributed by atoms with Gasteiger partial charge in [-0.05, 0) is 50.4 Å². The number of aromatic amines is 1. The van der Waals surface area contributed by atoms with E-state index in [1.165, 1.54) is 12.8 Å². The van der Waals surface area contributed by atoms with Crippen LogP contribution in [0.15, 0.2) is 29.3 Å². The minimum absolute atomic E-state index is 0.139. The van der Waals surface area contributed by atoms with Gasteiger partial charge in [0.1, 0.15) is 11.4 Å². The van der Waals surface area contributed by atoms with Crippen LogP contribution in [0.2, 0.25) is 0 Å². The van der Waals surface area contributed by atoms with Crippen LogP contribution in [0.5, 0.6) is 0 Å². The van der Waals surface area contributed by atoms with Crippen molar-refractivity contribution in [2.45, 2.75) is 38.3 Å². The highest BCUT2D eigenvalue weighted by Crippen LogP contribution is 2.35. The zero-order valence-corrected chi connectivity index (χ0v) is 17.3. The number of nitrogens with zero attached hydrogens (tertiary/aromatic N) is 4. The predicted octanol–water partition coefficient (Wildman–Crippen LogP) is 1.02. The topological polar surface area (TPSA) is 86.3 Å². The van der Waals surface area contributed by atoms with E-state index in [-0.39, 0.29) is 17.0 Å².